The fourth-order valence-electron chi connectivity index (χ4n) is 1.03. The van der Waals surface area contributed by atoms with Gasteiger partial charge in [-0.25, -0.2) is 4.98 Å². The van der Waals surface area contributed by atoms with E-state index in [0.29, 0.717) is 6.61 Å². The van der Waals surface area contributed by atoms with Crippen molar-refractivity contribution in [1.82, 2.24) is 9.36 Å². The molecule has 0 saturated heterocycles. The van der Waals surface area contributed by atoms with Gasteiger partial charge in [0.1, 0.15) is 0 Å². The van der Waals surface area contributed by atoms with Crippen LogP contribution in [0.5, 0.6) is 0 Å². The molecule has 0 aliphatic carbocycles. The maximum absolute atomic E-state index is 5.11. The zero-order valence-corrected chi connectivity index (χ0v) is 9.23. The van der Waals surface area contributed by atoms with Crippen LogP contribution in [-0.2, 0) is 10.2 Å². The molecule has 0 amide bonds. The number of methoxy groups -OCH3 is 1. The van der Waals surface area contributed by atoms with Crippen molar-refractivity contribution in [3.8, 4) is 0 Å². The molecule has 1 N–H and O–H groups in total. The molecular formula is C8H15N3OS. The highest BCUT2D eigenvalue weighted by Gasteiger charge is 2.25. The van der Waals surface area contributed by atoms with E-state index in [9.17, 15) is 0 Å². The van der Waals surface area contributed by atoms with Gasteiger partial charge in [-0.05, 0) is 0 Å². The maximum atomic E-state index is 5.11. The highest BCUT2D eigenvalue weighted by atomic mass is 32.1. The molecule has 5 heteroatoms. The lowest BCUT2D eigenvalue weighted by Gasteiger charge is -2.19. The molecule has 0 saturated carbocycles. The number of aromatic nitrogens is 2. The van der Waals surface area contributed by atoms with Crippen molar-refractivity contribution in [2.24, 2.45) is 0 Å². The Balaban J connectivity index is 2.80. The minimum Gasteiger partial charge on any atom is -0.384 e. The Bertz CT molecular complexity index is 272. The number of nitrogens with one attached hydrogen (secondary N) is 1. The third kappa shape index (κ3) is 2.38. The lowest BCUT2D eigenvalue weighted by Crippen LogP contribution is -2.25. The summed E-state index contributed by atoms with van der Waals surface area (Å²) in [5.74, 6) is 0.837. The first-order valence-corrected chi connectivity index (χ1v) is 4.88. The maximum Gasteiger partial charge on any atom is 0.202 e. The fraction of sp³-hybridized carbons (Fsp3) is 0.750. The Kier molecular flexibility index (Phi) is 3.22. The zero-order chi connectivity index (χ0) is 9.90. The van der Waals surface area contributed by atoms with E-state index in [1.165, 1.54) is 11.5 Å². The fourth-order valence-corrected chi connectivity index (χ4v) is 1.70. The first-order chi connectivity index (χ1) is 6.10. The lowest BCUT2D eigenvalue weighted by atomic mass is 9.94. The Morgan fingerprint density at radius 3 is 2.69 bits per heavy atom. The molecule has 1 heterocycles. The van der Waals surface area contributed by atoms with E-state index in [2.05, 4.69) is 28.5 Å². The molecular weight excluding hydrogens is 186 g/mol. The van der Waals surface area contributed by atoms with Crippen LogP contribution in [0.15, 0.2) is 0 Å². The third-order valence-corrected chi connectivity index (χ3v) is 2.48. The summed E-state index contributed by atoms with van der Waals surface area (Å²) in [5.41, 5.74) is -0.111. The summed E-state index contributed by atoms with van der Waals surface area (Å²) >= 11 is 1.37. The van der Waals surface area contributed by atoms with Crippen LogP contribution in [0, 0.1) is 0 Å². The summed E-state index contributed by atoms with van der Waals surface area (Å²) in [7, 11) is 3.53. The van der Waals surface area contributed by atoms with Crippen molar-refractivity contribution in [2.75, 3.05) is 26.1 Å². The van der Waals surface area contributed by atoms with Crippen LogP contribution in [-0.4, -0.2) is 30.1 Å². The van der Waals surface area contributed by atoms with Crippen molar-refractivity contribution in [1.29, 1.82) is 0 Å². The van der Waals surface area contributed by atoms with Crippen LogP contribution < -0.4 is 5.32 Å². The summed E-state index contributed by atoms with van der Waals surface area (Å²) < 4.78 is 9.37. The molecule has 0 radical (unpaired) electrons. The summed E-state index contributed by atoms with van der Waals surface area (Å²) in [4.78, 5) is 4.34. The van der Waals surface area contributed by atoms with Crippen molar-refractivity contribution >= 4 is 16.7 Å². The van der Waals surface area contributed by atoms with Gasteiger partial charge >= 0.3 is 0 Å². The summed E-state index contributed by atoms with van der Waals surface area (Å²) in [6, 6.07) is 0. The SMILES string of the molecule is CNc1nc(C(C)(C)COC)ns1. The average molecular weight is 201 g/mol. The van der Waals surface area contributed by atoms with Crippen LogP contribution in [0.2, 0.25) is 0 Å². The highest BCUT2D eigenvalue weighted by molar-refractivity contribution is 7.09. The summed E-state index contributed by atoms with van der Waals surface area (Å²) in [5, 5.41) is 3.81. The molecule has 0 spiro atoms. The van der Waals surface area contributed by atoms with Gasteiger partial charge in [-0.3, -0.25) is 0 Å². The monoisotopic (exact) mass is 201 g/mol. The Morgan fingerprint density at radius 1 is 1.54 bits per heavy atom. The molecule has 4 nitrogen and oxygen atoms in total. The molecule has 0 atom stereocenters. The number of nitrogens with zero attached hydrogens (tertiary/aromatic N) is 2. The van der Waals surface area contributed by atoms with Crippen molar-refractivity contribution in [3.63, 3.8) is 0 Å². The molecule has 0 fully saturated rings. The van der Waals surface area contributed by atoms with Gasteiger partial charge < -0.3 is 10.1 Å². The quantitative estimate of drug-likeness (QED) is 0.802. The molecule has 0 aromatic carbocycles. The number of rotatable bonds is 4. The van der Waals surface area contributed by atoms with Gasteiger partial charge in [0.05, 0.1) is 6.61 Å². The third-order valence-electron chi connectivity index (χ3n) is 1.75. The van der Waals surface area contributed by atoms with Crippen LogP contribution in [0.25, 0.3) is 0 Å². The van der Waals surface area contributed by atoms with Crippen LogP contribution in [0.1, 0.15) is 19.7 Å². The Morgan fingerprint density at radius 2 is 2.23 bits per heavy atom. The second-order valence-electron chi connectivity index (χ2n) is 3.49. The van der Waals surface area contributed by atoms with E-state index < -0.39 is 0 Å². The molecule has 0 unspecified atom stereocenters. The Labute approximate surface area is 82.5 Å². The molecule has 13 heavy (non-hydrogen) atoms. The smallest absolute Gasteiger partial charge is 0.202 e. The zero-order valence-electron chi connectivity index (χ0n) is 8.42. The molecule has 0 aliphatic rings. The minimum atomic E-state index is -0.111. The first kappa shape index (κ1) is 10.4. The van der Waals surface area contributed by atoms with Crippen molar-refractivity contribution in [3.05, 3.63) is 5.82 Å². The van der Waals surface area contributed by atoms with Gasteiger partial charge in [0.2, 0.25) is 5.13 Å². The highest BCUT2D eigenvalue weighted by Crippen LogP contribution is 2.23. The predicted octanol–water partition coefficient (Wildman–Crippen LogP) is 1.50. The second kappa shape index (κ2) is 4.02. The van der Waals surface area contributed by atoms with Gasteiger partial charge in [-0.1, -0.05) is 13.8 Å². The first-order valence-electron chi connectivity index (χ1n) is 4.11. The van der Waals surface area contributed by atoms with Crippen molar-refractivity contribution in [2.45, 2.75) is 19.3 Å². The van der Waals surface area contributed by atoms with E-state index in [1.807, 2.05) is 7.05 Å². The van der Waals surface area contributed by atoms with Crippen LogP contribution >= 0.6 is 11.5 Å². The second-order valence-corrected chi connectivity index (χ2v) is 4.24. The largest absolute Gasteiger partial charge is 0.384 e. The van der Waals surface area contributed by atoms with Gasteiger partial charge in [0.15, 0.2) is 5.82 Å². The van der Waals surface area contributed by atoms with E-state index in [-0.39, 0.29) is 5.41 Å². The average Bonchev–Trinajstić information content (AvgIpc) is 2.52. The number of anilines is 1. The molecule has 1 aromatic heterocycles. The van der Waals surface area contributed by atoms with Gasteiger partial charge in [-0.15, -0.1) is 0 Å². The summed E-state index contributed by atoms with van der Waals surface area (Å²) in [6.07, 6.45) is 0. The minimum absolute atomic E-state index is 0.111. The summed E-state index contributed by atoms with van der Waals surface area (Å²) in [6.45, 7) is 4.77. The number of hydrogen-bond acceptors (Lipinski definition) is 5. The van der Waals surface area contributed by atoms with E-state index in [1.54, 1.807) is 7.11 Å². The normalized spacial score (nSPS) is 11.7. The van der Waals surface area contributed by atoms with E-state index in [4.69, 9.17) is 4.74 Å². The molecule has 1 aromatic rings. The lowest BCUT2D eigenvalue weighted by molar-refractivity contribution is 0.143. The van der Waals surface area contributed by atoms with E-state index in [0.717, 1.165) is 11.0 Å². The molecule has 0 bridgehead atoms. The topological polar surface area (TPSA) is 47.0 Å². The molecule has 0 aliphatic heterocycles. The number of hydrogen-bond donors (Lipinski definition) is 1. The van der Waals surface area contributed by atoms with Gasteiger partial charge in [0.25, 0.3) is 0 Å². The van der Waals surface area contributed by atoms with Gasteiger partial charge in [-0.2, -0.15) is 4.37 Å². The number of ether oxygens (including phenoxy) is 1. The van der Waals surface area contributed by atoms with Crippen LogP contribution in [0.3, 0.4) is 0 Å². The predicted molar refractivity (Wildman–Crippen MR) is 54.4 cm³/mol. The van der Waals surface area contributed by atoms with Crippen LogP contribution in [0.4, 0.5) is 5.13 Å². The van der Waals surface area contributed by atoms with Gasteiger partial charge in [0, 0.05) is 31.1 Å². The standard InChI is InChI=1S/C8H15N3OS/c1-8(2,5-12-4)6-10-7(9-3)13-11-6/h5H2,1-4H3,(H,9,10,11). The molecule has 74 valence electrons. The Hall–Kier alpha value is -0.680. The van der Waals surface area contributed by atoms with Crippen molar-refractivity contribution < 1.29 is 4.74 Å². The van der Waals surface area contributed by atoms with E-state index >= 15 is 0 Å². The molecule has 1 rings (SSSR count).